The summed E-state index contributed by atoms with van der Waals surface area (Å²) in [4.78, 5) is 23.3. The predicted molar refractivity (Wildman–Crippen MR) is 102 cm³/mol. The number of nitrogens with zero attached hydrogens (tertiary/aromatic N) is 1. The molecule has 0 atom stereocenters. The molecule has 0 spiro atoms. The standard InChI is InChI=1S/C20H22FN3O4/c1-27-12-6-11-22-19(25)20(26)24-23-13-15-7-3-5-10-18(15)28-14-16-8-2-4-9-17(16)21/h2-5,7-10,13H,6,11-12,14H2,1H3,(H,22,25)(H,24,26)/b23-13-. The van der Waals surface area contributed by atoms with Gasteiger partial charge in [-0.25, -0.2) is 9.82 Å². The second-order valence-electron chi connectivity index (χ2n) is 5.72. The Morgan fingerprint density at radius 1 is 1.11 bits per heavy atom. The second kappa shape index (κ2) is 11.5. The van der Waals surface area contributed by atoms with Gasteiger partial charge in [-0.1, -0.05) is 30.3 Å². The van der Waals surface area contributed by atoms with Crippen LogP contribution >= 0.6 is 0 Å². The van der Waals surface area contributed by atoms with Crippen LogP contribution in [0.2, 0.25) is 0 Å². The average Bonchev–Trinajstić information content (AvgIpc) is 2.71. The molecular weight excluding hydrogens is 365 g/mol. The van der Waals surface area contributed by atoms with E-state index in [-0.39, 0.29) is 12.4 Å². The van der Waals surface area contributed by atoms with Gasteiger partial charge in [-0.15, -0.1) is 0 Å². The van der Waals surface area contributed by atoms with Crippen LogP contribution in [0.5, 0.6) is 5.75 Å². The van der Waals surface area contributed by atoms with Crippen molar-refractivity contribution in [3.8, 4) is 5.75 Å². The number of amides is 2. The van der Waals surface area contributed by atoms with E-state index >= 15 is 0 Å². The minimum absolute atomic E-state index is 0.0494. The van der Waals surface area contributed by atoms with Gasteiger partial charge < -0.3 is 14.8 Å². The molecule has 148 valence electrons. The lowest BCUT2D eigenvalue weighted by Crippen LogP contribution is -2.38. The number of hydrazone groups is 1. The maximum Gasteiger partial charge on any atom is 0.329 e. The lowest BCUT2D eigenvalue weighted by molar-refractivity contribution is -0.139. The van der Waals surface area contributed by atoms with Gasteiger partial charge in [0.05, 0.1) is 6.21 Å². The summed E-state index contributed by atoms with van der Waals surface area (Å²) < 4.78 is 24.2. The van der Waals surface area contributed by atoms with Gasteiger partial charge in [-0.2, -0.15) is 5.10 Å². The van der Waals surface area contributed by atoms with Crippen molar-refractivity contribution in [1.29, 1.82) is 0 Å². The average molecular weight is 387 g/mol. The predicted octanol–water partition coefficient (Wildman–Crippen LogP) is 2.01. The van der Waals surface area contributed by atoms with Crippen LogP contribution in [0.1, 0.15) is 17.5 Å². The fraction of sp³-hybridized carbons (Fsp3) is 0.250. The molecule has 0 unspecified atom stereocenters. The lowest BCUT2D eigenvalue weighted by Gasteiger charge is -2.09. The molecule has 0 fully saturated rings. The Hall–Kier alpha value is -3.26. The molecule has 2 aromatic rings. The Bertz CT molecular complexity index is 827. The largest absolute Gasteiger partial charge is 0.488 e. The zero-order valence-corrected chi connectivity index (χ0v) is 15.5. The number of para-hydroxylation sites is 1. The molecule has 0 aliphatic heterocycles. The van der Waals surface area contributed by atoms with Crippen LogP contribution in [0.15, 0.2) is 53.6 Å². The Morgan fingerprint density at radius 2 is 1.86 bits per heavy atom. The third-order valence-electron chi connectivity index (χ3n) is 3.65. The Balaban J connectivity index is 1.89. The number of halogens is 1. The van der Waals surface area contributed by atoms with Gasteiger partial charge in [0.1, 0.15) is 18.2 Å². The van der Waals surface area contributed by atoms with Crippen molar-refractivity contribution in [2.24, 2.45) is 5.10 Å². The normalized spacial score (nSPS) is 10.6. The second-order valence-corrected chi connectivity index (χ2v) is 5.72. The molecule has 2 amide bonds. The van der Waals surface area contributed by atoms with Crippen molar-refractivity contribution >= 4 is 18.0 Å². The van der Waals surface area contributed by atoms with E-state index in [0.717, 1.165) is 0 Å². The Morgan fingerprint density at radius 3 is 2.64 bits per heavy atom. The van der Waals surface area contributed by atoms with Crippen LogP contribution in [0.4, 0.5) is 4.39 Å². The minimum Gasteiger partial charge on any atom is -0.488 e. The fourth-order valence-electron chi connectivity index (χ4n) is 2.20. The highest BCUT2D eigenvalue weighted by molar-refractivity contribution is 6.35. The van der Waals surface area contributed by atoms with Gasteiger partial charge in [-0.3, -0.25) is 9.59 Å². The molecule has 0 aliphatic rings. The molecule has 2 rings (SSSR count). The van der Waals surface area contributed by atoms with Gasteiger partial charge >= 0.3 is 11.8 Å². The third kappa shape index (κ3) is 6.81. The van der Waals surface area contributed by atoms with Gasteiger partial charge in [0.2, 0.25) is 0 Å². The van der Waals surface area contributed by atoms with E-state index in [1.54, 1.807) is 49.6 Å². The number of nitrogens with one attached hydrogen (secondary N) is 2. The van der Waals surface area contributed by atoms with Crippen molar-refractivity contribution in [1.82, 2.24) is 10.7 Å². The smallest absolute Gasteiger partial charge is 0.329 e. The van der Waals surface area contributed by atoms with E-state index in [1.165, 1.54) is 12.3 Å². The lowest BCUT2D eigenvalue weighted by atomic mass is 10.2. The summed E-state index contributed by atoms with van der Waals surface area (Å²) in [7, 11) is 1.56. The number of carbonyl (C=O) groups excluding carboxylic acids is 2. The number of ether oxygens (including phenoxy) is 2. The molecule has 0 aromatic heterocycles. The van der Waals surface area contributed by atoms with Crippen molar-refractivity contribution in [3.63, 3.8) is 0 Å². The molecule has 0 radical (unpaired) electrons. The number of hydrogen-bond acceptors (Lipinski definition) is 5. The van der Waals surface area contributed by atoms with Crippen LogP contribution < -0.4 is 15.5 Å². The van der Waals surface area contributed by atoms with Crippen LogP contribution in [0.25, 0.3) is 0 Å². The maximum absolute atomic E-state index is 13.7. The molecule has 0 saturated heterocycles. The van der Waals surface area contributed by atoms with Crippen molar-refractivity contribution in [2.75, 3.05) is 20.3 Å². The maximum atomic E-state index is 13.7. The summed E-state index contributed by atoms with van der Waals surface area (Å²) in [6, 6.07) is 13.3. The number of carbonyl (C=O) groups is 2. The number of benzene rings is 2. The molecule has 28 heavy (non-hydrogen) atoms. The zero-order valence-electron chi connectivity index (χ0n) is 15.5. The van der Waals surface area contributed by atoms with E-state index < -0.39 is 11.8 Å². The first-order valence-corrected chi connectivity index (χ1v) is 8.67. The van der Waals surface area contributed by atoms with Crippen LogP contribution in [0, 0.1) is 5.82 Å². The van der Waals surface area contributed by atoms with Crippen LogP contribution in [0.3, 0.4) is 0 Å². The van der Waals surface area contributed by atoms with Gasteiger partial charge in [-0.05, 0) is 24.6 Å². The van der Waals surface area contributed by atoms with Crippen molar-refractivity contribution in [3.05, 3.63) is 65.5 Å². The summed E-state index contributed by atoms with van der Waals surface area (Å²) in [6.07, 6.45) is 1.96. The van der Waals surface area contributed by atoms with Gasteiger partial charge in [0.15, 0.2) is 0 Å². The Labute approximate surface area is 162 Å². The summed E-state index contributed by atoms with van der Waals surface area (Å²) >= 11 is 0. The summed E-state index contributed by atoms with van der Waals surface area (Å²) in [6.45, 7) is 0.869. The number of rotatable bonds is 9. The summed E-state index contributed by atoms with van der Waals surface area (Å²) in [5, 5.41) is 6.23. The monoisotopic (exact) mass is 387 g/mol. The topological polar surface area (TPSA) is 89.0 Å². The molecule has 8 heteroatoms. The first-order valence-electron chi connectivity index (χ1n) is 8.67. The quantitative estimate of drug-likeness (QED) is 0.298. The van der Waals surface area contributed by atoms with E-state index in [4.69, 9.17) is 9.47 Å². The molecule has 2 N–H and O–H groups in total. The first-order chi connectivity index (χ1) is 13.6. The Kier molecular flexibility index (Phi) is 8.61. The zero-order chi connectivity index (χ0) is 20.2. The highest BCUT2D eigenvalue weighted by atomic mass is 19.1. The molecular formula is C20H22FN3O4. The fourth-order valence-corrected chi connectivity index (χ4v) is 2.20. The molecule has 0 heterocycles. The van der Waals surface area contributed by atoms with Gasteiger partial charge in [0.25, 0.3) is 0 Å². The number of methoxy groups -OCH3 is 1. The highest BCUT2D eigenvalue weighted by Gasteiger charge is 2.11. The summed E-state index contributed by atoms with van der Waals surface area (Å²) in [5.74, 6) is -1.54. The van der Waals surface area contributed by atoms with Crippen LogP contribution in [-0.2, 0) is 20.9 Å². The number of hydrogen-bond donors (Lipinski definition) is 2. The molecule has 7 nitrogen and oxygen atoms in total. The molecule has 2 aromatic carbocycles. The van der Waals surface area contributed by atoms with Gasteiger partial charge in [0, 0.05) is 31.4 Å². The van der Waals surface area contributed by atoms with E-state index in [2.05, 4.69) is 15.8 Å². The summed E-state index contributed by atoms with van der Waals surface area (Å²) in [5.41, 5.74) is 3.15. The van der Waals surface area contributed by atoms with E-state index in [9.17, 15) is 14.0 Å². The van der Waals surface area contributed by atoms with E-state index in [0.29, 0.717) is 36.4 Å². The molecule has 0 saturated carbocycles. The molecule has 0 aliphatic carbocycles. The van der Waals surface area contributed by atoms with Crippen LogP contribution in [-0.4, -0.2) is 38.3 Å². The minimum atomic E-state index is -0.876. The third-order valence-corrected chi connectivity index (χ3v) is 3.65. The van der Waals surface area contributed by atoms with Crippen molar-refractivity contribution in [2.45, 2.75) is 13.0 Å². The highest BCUT2D eigenvalue weighted by Crippen LogP contribution is 2.18. The van der Waals surface area contributed by atoms with Crippen molar-refractivity contribution < 1.29 is 23.5 Å². The molecule has 0 bridgehead atoms. The first kappa shape index (κ1) is 21.0. The SMILES string of the molecule is COCCCNC(=O)C(=O)N/N=C\c1ccccc1OCc1ccccc1F. The van der Waals surface area contributed by atoms with E-state index in [1.807, 2.05) is 0 Å².